The number of nitrogens with zero attached hydrogens (tertiary/aromatic N) is 2. The summed E-state index contributed by atoms with van der Waals surface area (Å²) >= 11 is 0. The summed E-state index contributed by atoms with van der Waals surface area (Å²) in [5.41, 5.74) is 3.03. The van der Waals surface area contributed by atoms with Gasteiger partial charge in [-0.3, -0.25) is 9.59 Å². The second-order valence-electron chi connectivity index (χ2n) is 5.22. The summed E-state index contributed by atoms with van der Waals surface area (Å²) in [7, 11) is 0. The van der Waals surface area contributed by atoms with Crippen LogP contribution in [-0.2, 0) is 9.59 Å². The van der Waals surface area contributed by atoms with Gasteiger partial charge in [0.2, 0.25) is 0 Å². The number of ether oxygens (including phenoxy) is 1. The van der Waals surface area contributed by atoms with Crippen molar-refractivity contribution in [2.24, 2.45) is 5.10 Å². The van der Waals surface area contributed by atoms with E-state index in [1.807, 2.05) is 18.2 Å². The largest absolute Gasteiger partial charge is 0.490 e. The molecule has 1 aliphatic rings. The number of rotatable bonds is 5. The van der Waals surface area contributed by atoms with E-state index >= 15 is 0 Å². The van der Waals surface area contributed by atoms with Crippen LogP contribution < -0.4 is 10.2 Å². The van der Waals surface area contributed by atoms with Crippen LogP contribution in [0.2, 0.25) is 0 Å². The molecule has 1 aromatic rings. The lowest BCUT2D eigenvalue weighted by atomic mass is 10.1. The molecule has 1 N–H and O–H groups in total. The highest BCUT2D eigenvalue weighted by atomic mass is 16.5. The van der Waals surface area contributed by atoms with E-state index in [1.54, 1.807) is 17.0 Å². The van der Waals surface area contributed by atoms with E-state index in [0.29, 0.717) is 25.4 Å². The Bertz CT molecular complexity index is 593. The summed E-state index contributed by atoms with van der Waals surface area (Å²) in [4.78, 5) is 25.3. The predicted octanol–water partition coefficient (Wildman–Crippen LogP) is 1.71. The van der Waals surface area contributed by atoms with Crippen molar-refractivity contribution < 1.29 is 14.3 Å². The van der Waals surface area contributed by atoms with Gasteiger partial charge in [0.05, 0.1) is 6.21 Å². The minimum absolute atomic E-state index is 0.418. The van der Waals surface area contributed by atoms with Crippen molar-refractivity contribution in [2.45, 2.75) is 19.3 Å². The van der Waals surface area contributed by atoms with Gasteiger partial charge in [-0.2, -0.15) is 5.10 Å². The average Bonchev–Trinajstić information content (AvgIpc) is 2.60. The van der Waals surface area contributed by atoms with Crippen molar-refractivity contribution in [3.05, 3.63) is 42.5 Å². The number of carbonyl (C=O) groups excluding carboxylic acids is 2. The number of carbonyl (C=O) groups is 2. The maximum Gasteiger partial charge on any atom is 0.329 e. The maximum absolute atomic E-state index is 11.9. The number of likely N-dealkylation sites (tertiary alicyclic amines) is 1. The zero-order chi connectivity index (χ0) is 16.5. The molecule has 0 bridgehead atoms. The van der Waals surface area contributed by atoms with Crippen LogP contribution in [-0.4, -0.2) is 42.6 Å². The van der Waals surface area contributed by atoms with Crippen molar-refractivity contribution in [2.75, 3.05) is 19.7 Å². The number of amides is 2. The number of nitrogens with one attached hydrogen (secondary N) is 1. The van der Waals surface area contributed by atoms with Gasteiger partial charge in [-0.1, -0.05) is 24.8 Å². The van der Waals surface area contributed by atoms with Crippen molar-refractivity contribution in [1.29, 1.82) is 0 Å². The van der Waals surface area contributed by atoms with Gasteiger partial charge in [0, 0.05) is 13.1 Å². The first-order valence-electron chi connectivity index (χ1n) is 7.67. The molecule has 0 aliphatic carbocycles. The van der Waals surface area contributed by atoms with Crippen molar-refractivity contribution in [3.63, 3.8) is 0 Å². The Balaban J connectivity index is 1.86. The fourth-order valence-electron chi connectivity index (χ4n) is 2.29. The monoisotopic (exact) mass is 315 g/mol. The highest BCUT2D eigenvalue weighted by Gasteiger charge is 2.22. The van der Waals surface area contributed by atoms with Crippen LogP contribution in [0.4, 0.5) is 0 Å². The summed E-state index contributed by atoms with van der Waals surface area (Å²) in [5.74, 6) is -0.545. The Morgan fingerprint density at radius 2 is 2.09 bits per heavy atom. The standard InChI is InChI=1S/C17H21N3O3/c1-2-11-23-15-8-6-7-14(12-15)13-18-19-16(21)17(22)20-9-4-3-5-10-20/h2,6-8,12-13H,1,3-5,9-11H2,(H,19,21). The van der Waals surface area contributed by atoms with Crippen molar-refractivity contribution >= 4 is 18.0 Å². The van der Waals surface area contributed by atoms with Crippen LogP contribution in [0.3, 0.4) is 0 Å². The Kier molecular flexibility index (Phi) is 6.35. The molecule has 0 radical (unpaired) electrons. The maximum atomic E-state index is 11.9. The normalized spacial score (nSPS) is 14.5. The van der Waals surface area contributed by atoms with E-state index in [4.69, 9.17) is 4.74 Å². The Labute approximate surface area is 135 Å². The predicted molar refractivity (Wildman–Crippen MR) is 88.3 cm³/mol. The highest BCUT2D eigenvalue weighted by molar-refractivity contribution is 6.35. The van der Waals surface area contributed by atoms with E-state index < -0.39 is 11.8 Å². The molecule has 1 saturated heterocycles. The number of benzene rings is 1. The van der Waals surface area contributed by atoms with Gasteiger partial charge in [-0.15, -0.1) is 0 Å². The van der Waals surface area contributed by atoms with E-state index in [9.17, 15) is 9.59 Å². The SMILES string of the molecule is C=CCOc1cccc(C=NNC(=O)C(=O)N2CCCCC2)c1. The van der Waals surface area contributed by atoms with Crippen LogP contribution in [0, 0.1) is 0 Å². The smallest absolute Gasteiger partial charge is 0.329 e. The molecule has 2 rings (SSSR count). The van der Waals surface area contributed by atoms with Crippen molar-refractivity contribution in [1.82, 2.24) is 10.3 Å². The molecule has 1 fully saturated rings. The molecule has 23 heavy (non-hydrogen) atoms. The Morgan fingerprint density at radius 1 is 1.30 bits per heavy atom. The van der Waals surface area contributed by atoms with Gasteiger partial charge in [-0.05, 0) is 37.0 Å². The summed E-state index contributed by atoms with van der Waals surface area (Å²) in [6, 6.07) is 7.24. The lowest BCUT2D eigenvalue weighted by Gasteiger charge is -2.25. The third-order valence-electron chi connectivity index (χ3n) is 3.44. The minimum Gasteiger partial charge on any atom is -0.490 e. The van der Waals surface area contributed by atoms with Crippen molar-refractivity contribution in [3.8, 4) is 5.75 Å². The van der Waals surface area contributed by atoms with Gasteiger partial charge < -0.3 is 9.64 Å². The molecule has 0 aromatic heterocycles. The third-order valence-corrected chi connectivity index (χ3v) is 3.44. The summed E-state index contributed by atoms with van der Waals surface area (Å²) < 4.78 is 5.41. The molecular weight excluding hydrogens is 294 g/mol. The van der Waals surface area contributed by atoms with Gasteiger partial charge in [0.1, 0.15) is 12.4 Å². The number of hydrogen-bond donors (Lipinski definition) is 1. The van der Waals surface area contributed by atoms with Gasteiger partial charge in [0.25, 0.3) is 0 Å². The average molecular weight is 315 g/mol. The molecule has 0 atom stereocenters. The van der Waals surface area contributed by atoms with E-state index in [-0.39, 0.29) is 0 Å². The molecule has 2 amide bonds. The quantitative estimate of drug-likeness (QED) is 0.389. The molecular formula is C17H21N3O3. The van der Waals surface area contributed by atoms with Crippen LogP contribution >= 0.6 is 0 Å². The molecule has 122 valence electrons. The van der Waals surface area contributed by atoms with Crippen LogP contribution in [0.5, 0.6) is 5.75 Å². The molecule has 0 saturated carbocycles. The summed E-state index contributed by atoms with van der Waals surface area (Å²) in [5, 5.41) is 3.83. The second kappa shape index (κ2) is 8.73. The molecule has 0 spiro atoms. The van der Waals surface area contributed by atoms with E-state index in [2.05, 4.69) is 17.1 Å². The second-order valence-corrected chi connectivity index (χ2v) is 5.22. The molecule has 6 heteroatoms. The highest BCUT2D eigenvalue weighted by Crippen LogP contribution is 2.12. The first kappa shape index (κ1) is 16.7. The minimum atomic E-state index is -0.706. The topological polar surface area (TPSA) is 71.0 Å². The number of hydrogen-bond acceptors (Lipinski definition) is 4. The first-order valence-corrected chi connectivity index (χ1v) is 7.67. The molecule has 1 aliphatic heterocycles. The summed E-state index contributed by atoms with van der Waals surface area (Å²) in [6.07, 6.45) is 6.13. The van der Waals surface area contributed by atoms with Crippen LogP contribution in [0.25, 0.3) is 0 Å². The molecule has 1 heterocycles. The number of piperidine rings is 1. The van der Waals surface area contributed by atoms with Crippen LogP contribution in [0.15, 0.2) is 42.0 Å². The Hall–Kier alpha value is -2.63. The van der Waals surface area contributed by atoms with Gasteiger partial charge >= 0.3 is 11.8 Å². The Morgan fingerprint density at radius 3 is 2.83 bits per heavy atom. The van der Waals surface area contributed by atoms with E-state index in [1.165, 1.54) is 6.21 Å². The van der Waals surface area contributed by atoms with Crippen LogP contribution in [0.1, 0.15) is 24.8 Å². The molecule has 1 aromatic carbocycles. The first-order chi connectivity index (χ1) is 11.2. The number of hydrazone groups is 1. The lowest BCUT2D eigenvalue weighted by molar-refractivity contribution is -0.146. The molecule has 6 nitrogen and oxygen atoms in total. The van der Waals surface area contributed by atoms with Gasteiger partial charge in [0.15, 0.2) is 0 Å². The van der Waals surface area contributed by atoms with Gasteiger partial charge in [-0.25, -0.2) is 5.43 Å². The molecule has 0 unspecified atom stereocenters. The summed E-state index contributed by atoms with van der Waals surface area (Å²) in [6.45, 7) is 5.28. The van der Waals surface area contributed by atoms with E-state index in [0.717, 1.165) is 24.8 Å². The zero-order valence-corrected chi connectivity index (χ0v) is 13.0. The fourth-order valence-corrected chi connectivity index (χ4v) is 2.29. The lowest BCUT2D eigenvalue weighted by Crippen LogP contribution is -2.43. The zero-order valence-electron chi connectivity index (χ0n) is 13.0. The fraction of sp³-hybridized carbons (Fsp3) is 0.353. The third kappa shape index (κ3) is 5.25.